The van der Waals surface area contributed by atoms with Crippen LogP contribution in [0.25, 0.3) is 6.08 Å². The van der Waals surface area contributed by atoms with E-state index < -0.39 is 0 Å². The van der Waals surface area contributed by atoms with Crippen molar-refractivity contribution in [1.82, 2.24) is 10.1 Å². The molecule has 1 aliphatic rings. The average Bonchev–Trinajstić information content (AvgIpc) is 2.91. The highest BCUT2D eigenvalue weighted by atomic mass is 79.9. The van der Waals surface area contributed by atoms with Gasteiger partial charge in [-0.25, -0.2) is 0 Å². The molecule has 0 aliphatic carbocycles. The number of fused-ring (bicyclic) bond motifs is 1. The molecule has 0 fully saturated rings. The highest BCUT2D eigenvalue weighted by Gasteiger charge is 2.25. The molecule has 2 heterocycles. The number of nitrogens with zero attached hydrogens (tertiary/aromatic N) is 2. The second-order valence-electron chi connectivity index (χ2n) is 6.13. The predicted molar refractivity (Wildman–Crippen MR) is 84.9 cm³/mol. The number of rotatable bonds is 1. The minimum absolute atomic E-state index is 0.0851. The number of aromatic nitrogens is 2. The van der Waals surface area contributed by atoms with Crippen molar-refractivity contribution in [1.29, 1.82) is 0 Å². The van der Waals surface area contributed by atoms with Crippen LogP contribution in [0.3, 0.4) is 0 Å². The third-order valence-electron chi connectivity index (χ3n) is 3.27. The summed E-state index contributed by atoms with van der Waals surface area (Å²) >= 11 is 3.36. The Bertz CT molecular complexity index is 772. The molecule has 3 rings (SSSR count). The van der Waals surface area contributed by atoms with Crippen LogP contribution in [0, 0.1) is 0 Å². The molecule has 1 aromatic heterocycles. The third kappa shape index (κ3) is 2.83. The van der Waals surface area contributed by atoms with E-state index in [-0.39, 0.29) is 17.8 Å². The second kappa shape index (κ2) is 5.35. The van der Waals surface area contributed by atoms with Crippen molar-refractivity contribution in [3.63, 3.8) is 0 Å². The first kappa shape index (κ1) is 15.0. The summed E-state index contributed by atoms with van der Waals surface area (Å²) in [6, 6.07) is 5.37. The quantitative estimate of drug-likeness (QED) is 0.722. The molecule has 0 spiro atoms. The van der Waals surface area contributed by atoms with Crippen molar-refractivity contribution >= 4 is 27.8 Å². The summed E-state index contributed by atoms with van der Waals surface area (Å²) in [5.41, 5.74) is 0.822. The van der Waals surface area contributed by atoms with Gasteiger partial charge in [0.05, 0.1) is 5.56 Å². The molecule has 0 N–H and O–H groups in total. The average molecular weight is 363 g/mol. The van der Waals surface area contributed by atoms with Crippen molar-refractivity contribution in [3.05, 3.63) is 45.5 Å². The number of carbonyl (C=O) groups is 1. The summed E-state index contributed by atoms with van der Waals surface area (Å²) in [5.74, 6) is 1.42. The van der Waals surface area contributed by atoms with E-state index in [4.69, 9.17) is 9.26 Å². The number of ether oxygens (including phenoxy) is 1. The van der Waals surface area contributed by atoms with Crippen molar-refractivity contribution in [2.45, 2.75) is 26.2 Å². The fraction of sp³-hybridized carbons (Fsp3) is 0.312. The van der Waals surface area contributed by atoms with E-state index in [9.17, 15) is 4.79 Å². The summed E-state index contributed by atoms with van der Waals surface area (Å²) in [5, 5.41) is 3.95. The zero-order valence-corrected chi connectivity index (χ0v) is 14.1. The molecule has 22 heavy (non-hydrogen) atoms. The highest BCUT2D eigenvalue weighted by molar-refractivity contribution is 9.10. The maximum Gasteiger partial charge on any atom is 0.251 e. The van der Waals surface area contributed by atoms with Crippen molar-refractivity contribution in [2.24, 2.45) is 0 Å². The molecule has 114 valence electrons. The van der Waals surface area contributed by atoms with Gasteiger partial charge in [-0.3, -0.25) is 4.79 Å². The van der Waals surface area contributed by atoms with Gasteiger partial charge in [0, 0.05) is 21.5 Å². The molecule has 0 atom stereocenters. The van der Waals surface area contributed by atoms with Crippen LogP contribution in [0.2, 0.25) is 0 Å². The van der Waals surface area contributed by atoms with Crippen LogP contribution in [-0.2, 0) is 5.41 Å². The van der Waals surface area contributed by atoms with Crippen LogP contribution in [-0.4, -0.2) is 22.5 Å². The van der Waals surface area contributed by atoms with Gasteiger partial charge in [-0.2, -0.15) is 4.98 Å². The van der Waals surface area contributed by atoms with Crippen LogP contribution in [0.5, 0.6) is 5.75 Å². The van der Waals surface area contributed by atoms with E-state index >= 15 is 0 Å². The van der Waals surface area contributed by atoms with E-state index in [0.29, 0.717) is 28.6 Å². The number of ketones is 1. The van der Waals surface area contributed by atoms with Crippen LogP contribution in [0.4, 0.5) is 0 Å². The Kier molecular flexibility index (Phi) is 3.64. The molecule has 0 saturated heterocycles. The molecule has 0 radical (unpaired) electrons. The Morgan fingerprint density at radius 2 is 2.09 bits per heavy atom. The van der Waals surface area contributed by atoms with Crippen molar-refractivity contribution in [3.8, 4) is 5.75 Å². The molecule has 0 unspecified atom stereocenters. The maximum atomic E-state index is 12.5. The molecule has 0 amide bonds. The fourth-order valence-corrected chi connectivity index (χ4v) is 2.42. The molecule has 6 heteroatoms. The maximum absolute atomic E-state index is 12.5. The van der Waals surface area contributed by atoms with Gasteiger partial charge in [0.15, 0.2) is 11.6 Å². The molecular weight excluding hydrogens is 348 g/mol. The molecule has 2 aromatic rings. The van der Waals surface area contributed by atoms with E-state index in [1.165, 1.54) is 0 Å². The predicted octanol–water partition coefficient (Wildman–Crippen LogP) is 3.79. The van der Waals surface area contributed by atoms with E-state index in [2.05, 4.69) is 26.1 Å². The first-order chi connectivity index (χ1) is 10.3. The molecular formula is C16H15BrN2O3. The molecule has 1 aliphatic heterocycles. The third-order valence-corrected chi connectivity index (χ3v) is 3.76. The molecule has 0 bridgehead atoms. The van der Waals surface area contributed by atoms with Crippen LogP contribution >= 0.6 is 15.9 Å². The number of hydrogen-bond acceptors (Lipinski definition) is 5. The largest absolute Gasteiger partial charge is 0.488 e. The van der Waals surface area contributed by atoms with Gasteiger partial charge in [-0.1, -0.05) is 41.9 Å². The summed E-state index contributed by atoms with van der Waals surface area (Å²) < 4.78 is 11.6. The first-order valence-corrected chi connectivity index (χ1v) is 7.66. The number of Topliss-reactive ketones (excluding diaryl/α,β-unsaturated/α-hetero) is 1. The number of hydrogen-bond donors (Lipinski definition) is 0. The number of carbonyl (C=O) groups excluding carboxylic acids is 1. The molecule has 0 saturated carbocycles. The monoisotopic (exact) mass is 362 g/mol. The fourth-order valence-electron chi connectivity index (χ4n) is 2.05. The minimum atomic E-state index is -0.204. The smallest absolute Gasteiger partial charge is 0.251 e. The number of halogens is 1. The Morgan fingerprint density at radius 1 is 1.32 bits per heavy atom. The lowest BCUT2D eigenvalue weighted by Gasteiger charge is -2.18. The van der Waals surface area contributed by atoms with Crippen LogP contribution < -0.4 is 4.74 Å². The van der Waals surface area contributed by atoms with Crippen LogP contribution in [0.15, 0.2) is 32.8 Å². The Labute approximate surface area is 136 Å². The van der Waals surface area contributed by atoms with Gasteiger partial charge >= 0.3 is 0 Å². The number of benzene rings is 1. The van der Waals surface area contributed by atoms with E-state index in [0.717, 1.165) is 4.47 Å². The second-order valence-corrected chi connectivity index (χ2v) is 7.05. The summed E-state index contributed by atoms with van der Waals surface area (Å²) in [7, 11) is 0. The lowest BCUT2D eigenvalue weighted by molar-refractivity contribution is 0.100. The first-order valence-electron chi connectivity index (χ1n) is 6.86. The van der Waals surface area contributed by atoms with Crippen molar-refractivity contribution < 1.29 is 14.1 Å². The van der Waals surface area contributed by atoms with Gasteiger partial charge in [0.1, 0.15) is 12.4 Å². The topological polar surface area (TPSA) is 65.2 Å². The minimum Gasteiger partial charge on any atom is -0.488 e. The van der Waals surface area contributed by atoms with Gasteiger partial charge in [0.2, 0.25) is 0 Å². The molecule has 1 aromatic carbocycles. The zero-order valence-electron chi connectivity index (χ0n) is 12.5. The normalized spacial score (nSPS) is 16.5. The van der Waals surface area contributed by atoms with Crippen molar-refractivity contribution in [2.75, 3.05) is 6.61 Å². The van der Waals surface area contributed by atoms with Gasteiger partial charge in [-0.05, 0) is 18.2 Å². The van der Waals surface area contributed by atoms with Crippen LogP contribution in [0.1, 0.15) is 42.8 Å². The zero-order chi connectivity index (χ0) is 15.9. The van der Waals surface area contributed by atoms with Gasteiger partial charge in [0.25, 0.3) is 5.89 Å². The summed E-state index contributed by atoms with van der Waals surface area (Å²) in [4.78, 5) is 16.8. The Hall–Kier alpha value is -1.95. The Morgan fingerprint density at radius 3 is 2.77 bits per heavy atom. The lowest BCUT2D eigenvalue weighted by atomic mass is 9.96. The van der Waals surface area contributed by atoms with E-state index in [1.54, 1.807) is 18.2 Å². The van der Waals surface area contributed by atoms with Gasteiger partial charge in [-0.15, -0.1) is 0 Å². The molecule has 5 nitrogen and oxygen atoms in total. The lowest BCUT2D eigenvalue weighted by Crippen LogP contribution is -2.19. The summed E-state index contributed by atoms with van der Waals surface area (Å²) in [6.45, 7) is 6.19. The standard InChI is InChI=1S/C16H15BrN2O3/c1-16(2,3)15-18-13(22-19-15)6-9-8-21-12-5-4-10(17)7-11(12)14(9)20/h4-7H,8H2,1-3H3/b9-6+. The SMILES string of the molecule is CC(C)(C)c1noc(/C=C2\COc3ccc(Br)cc3C2=O)n1. The highest BCUT2D eigenvalue weighted by Crippen LogP contribution is 2.30. The van der Waals surface area contributed by atoms with Gasteiger partial charge < -0.3 is 9.26 Å². The van der Waals surface area contributed by atoms with E-state index in [1.807, 2.05) is 26.8 Å². The Balaban J connectivity index is 1.93. The summed E-state index contributed by atoms with van der Waals surface area (Å²) in [6.07, 6.45) is 1.59.